The van der Waals surface area contributed by atoms with Gasteiger partial charge in [0.1, 0.15) is 0 Å². The van der Waals surface area contributed by atoms with Gasteiger partial charge in [-0.05, 0) is 38.6 Å². The van der Waals surface area contributed by atoms with Gasteiger partial charge in [-0.2, -0.15) is 5.10 Å². The van der Waals surface area contributed by atoms with Gasteiger partial charge in [-0.25, -0.2) is 8.42 Å². The minimum atomic E-state index is -2.84. The van der Waals surface area contributed by atoms with Crippen molar-refractivity contribution in [3.05, 3.63) is 16.9 Å². The number of aromatic nitrogens is 2. The van der Waals surface area contributed by atoms with E-state index in [0.29, 0.717) is 16.5 Å². The first kappa shape index (κ1) is 16.8. The van der Waals surface area contributed by atoms with Gasteiger partial charge in [0.25, 0.3) is 0 Å². The molecule has 0 amide bonds. The van der Waals surface area contributed by atoms with Crippen LogP contribution in [0.15, 0.2) is 6.20 Å². The van der Waals surface area contributed by atoms with Crippen LogP contribution in [0.5, 0.6) is 0 Å². The number of halogens is 1. The van der Waals surface area contributed by atoms with Gasteiger partial charge < -0.3 is 5.32 Å². The molecular weight excluding hydrogens is 310 g/mol. The highest BCUT2D eigenvalue weighted by Crippen LogP contribution is 2.32. The highest BCUT2D eigenvalue weighted by atomic mass is 35.5. The van der Waals surface area contributed by atoms with E-state index in [1.807, 2.05) is 11.6 Å². The third-order valence-corrected chi connectivity index (χ3v) is 6.13. The topological polar surface area (TPSA) is 64.0 Å². The van der Waals surface area contributed by atoms with Crippen LogP contribution in [-0.2, 0) is 16.4 Å². The monoisotopic (exact) mass is 333 g/mol. The summed E-state index contributed by atoms with van der Waals surface area (Å²) in [6.07, 6.45) is 4.25. The number of nitrogens with zero attached hydrogens (tertiary/aromatic N) is 2. The van der Waals surface area contributed by atoms with Gasteiger partial charge in [0, 0.05) is 6.54 Å². The Labute approximate surface area is 132 Å². The molecule has 0 saturated carbocycles. The van der Waals surface area contributed by atoms with Crippen molar-refractivity contribution in [2.45, 2.75) is 45.7 Å². The molecule has 0 spiro atoms. The number of hydrogen-bond acceptors (Lipinski definition) is 4. The molecule has 0 bridgehead atoms. The van der Waals surface area contributed by atoms with Crippen molar-refractivity contribution >= 4 is 21.4 Å². The van der Waals surface area contributed by atoms with E-state index in [9.17, 15) is 8.42 Å². The number of rotatable bonds is 7. The van der Waals surface area contributed by atoms with E-state index in [4.69, 9.17) is 11.6 Å². The van der Waals surface area contributed by atoms with Gasteiger partial charge >= 0.3 is 0 Å². The summed E-state index contributed by atoms with van der Waals surface area (Å²) < 4.78 is 25.2. The molecule has 0 aliphatic carbocycles. The van der Waals surface area contributed by atoms with Crippen LogP contribution in [-0.4, -0.2) is 36.2 Å². The van der Waals surface area contributed by atoms with Gasteiger partial charge in [-0.3, -0.25) is 4.68 Å². The van der Waals surface area contributed by atoms with Crippen LogP contribution in [0.3, 0.4) is 0 Å². The molecule has 21 heavy (non-hydrogen) atoms. The minimum absolute atomic E-state index is 0.0678. The predicted octanol–water partition coefficient (Wildman–Crippen LogP) is 2.42. The third kappa shape index (κ3) is 4.20. The minimum Gasteiger partial charge on any atom is -0.309 e. The van der Waals surface area contributed by atoms with Gasteiger partial charge in [0.15, 0.2) is 9.84 Å². The lowest BCUT2D eigenvalue weighted by molar-refractivity contribution is 0.392. The van der Waals surface area contributed by atoms with E-state index in [0.717, 1.165) is 38.0 Å². The lowest BCUT2D eigenvalue weighted by Crippen LogP contribution is -2.27. The molecule has 1 fully saturated rings. The first-order valence-electron chi connectivity index (χ1n) is 7.61. The smallest absolute Gasteiger partial charge is 0.150 e. The Morgan fingerprint density at radius 1 is 1.52 bits per heavy atom. The summed E-state index contributed by atoms with van der Waals surface area (Å²) >= 11 is 6.30. The molecule has 2 unspecified atom stereocenters. The Morgan fingerprint density at radius 3 is 2.86 bits per heavy atom. The molecule has 7 heteroatoms. The Hall–Kier alpha value is -0.590. The molecule has 5 nitrogen and oxygen atoms in total. The van der Waals surface area contributed by atoms with Crippen molar-refractivity contribution in [3.8, 4) is 0 Å². The van der Waals surface area contributed by atoms with E-state index in [-0.39, 0.29) is 12.0 Å². The maximum Gasteiger partial charge on any atom is 0.150 e. The van der Waals surface area contributed by atoms with Gasteiger partial charge in [-0.15, -0.1) is 0 Å². The summed E-state index contributed by atoms with van der Waals surface area (Å²) in [4.78, 5) is 0. The molecule has 1 aromatic rings. The molecule has 1 aromatic heterocycles. The Morgan fingerprint density at radius 2 is 2.29 bits per heavy atom. The predicted molar refractivity (Wildman–Crippen MR) is 85.3 cm³/mol. The van der Waals surface area contributed by atoms with Crippen molar-refractivity contribution in [1.82, 2.24) is 15.1 Å². The van der Waals surface area contributed by atoms with Crippen LogP contribution < -0.4 is 5.32 Å². The highest BCUT2D eigenvalue weighted by Gasteiger charge is 2.31. The third-order valence-electron chi connectivity index (χ3n) is 4.00. The van der Waals surface area contributed by atoms with E-state index >= 15 is 0 Å². The van der Waals surface area contributed by atoms with Crippen LogP contribution in [0.1, 0.15) is 44.8 Å². The lowest BCUT2D eigenvalue weighted by atomic mass is 9.97. The first-order chi connectivity index (χ1) is 9.96. The largest absolute Gasteiger partial charge is 0.309 e. The number of sulfone groups is 1. The van der Waals surface area contributed by atoms with Crippen molar-refractivity contribution in [2.75, 3.05) is 18.1 Å². The Kier molecular flexibility index (Phi) is 5.68. The number of aryl methyl sites for hydroxylation is 1. The second-order valence-corrected chi connectivity index (χ2v) is 8.34. The molecule has 1 saturated heterocycles. The van der Waals surface area contributed by atoms with Crippen molar-refractivity contribution in [2.24, 2.45) is 5.92 Å². The number of hydrogen-bond donors (Lipinski definition) is 1. The van der Waals surface area contributed by atoms with E-state index < -0.39 is 9.84 Å². The zero-order valence-electron chi connectivity index (χ0n) is 12.7. The van der Waals surface area contributed by atoms with Gasteiger partial charge in [-0.1, -0.05) is 18.5 Å². The van der Waals surface area contributed by atoms with E-state index in [2.05, 4.69) is 17.3 Å². The summed E-state index contributed by atoms with van der Waals surface area (Å²) in [6, 6.07) is 0.0678. The van der Waals surface area contributed by atoms with Crippen molar-refractivity contribution < 1.29 is 8.42 Å². The summed E-state index contributed by atoms with van der Waals surface area (Å²) in [7, 11) is -2.84. The SMILES string of the molecule is CCCNC(CC1CCS(=O)(=O)C1)c1c(Cl)cnn1CC. The summed E-state index contributed by atoms with van der Waals surface area (Å²) in [5.41, 5.74) is 0.983. The fraction of sp³-hybridized carbons (Fsp3) is 0.786. The quantitative estimate of drug-likeness (QED) is 0.832. The Bertz CT molecular complexity index is 571. The van der Waals surface area contributed by atoms with Crippen LogP contribution in [0, 0.1) is 5.92 Å². The molecular formula is C14H24ClN3O2S. The van der Waals surface area contributed by atoms with Gasteiger partial charge in [0.05, 0.1) is 34.5 Å². The molecule has 2 heterocycles. The van der Waals surface area contributed by atoms with Crippen molar-refractivity contribution in [1.29, 1.82) is 0 Å². The molecule has 0 aromatic carbocycles. The fourth-order valence-electron chi connectivity index (χ4n) is 2.97. The van der Waals surface area contributed by atoms with Crippen LogP contribution in [0.2, 0.25) is 5.02 Å². The molecule has 0 radical (unpaired) electrons. The summed E-state index contributed by atoms with van der Waals surface area (Å²) in [5.74, 6) is 0.828. The molecule has 1 N–H and O–H groups in total. The molecule has 1 aliphatic heterocycles. The molecule has 2 atom stereocenters. The Balaban J connectivity index is 2.16. The second-order valence-electron chi connectivity index (χ2n) is 5.70. The highest BCUT2D eigenvalue weighted by molar-refractivity contribution is 7.91. The average molecular weight is 334 g/mol. The van der Waals surface area contributed by atoms with Gasteiger partial charge in [0.2, 0.25) is 0 Å². The van der Waals surface area contributed by atoms with E-state index in [1.54, 1.807) is 6.20 Å². The average Bonchev–Trinajstić information content (AvgIpc) is 2.97. The zero-order chi connectivity index (χ0) is 15.5. The molecule has 1 aliphatic rings. The van der Waals surface area contributed by atoms with Crippen molar-refractivity contribution in [3.63, 3.8) is 0 Å². The van der Waals surface area contributed by atoms with Crippen LogP contribution in [0.4, 0.5) is 0 Å². The summed E-state index contributed by atoms with van der Waals surface area (Å²) in [6.45, 7) is 5.79. The lowest BCUT2D eigenvalue weighted by Gasteiger charge is -2.23. The molecule has 2 rings (SSSR count). The zero-order valence-corrected chi connectivity index (χ0v) is 14.3. The van der Waals surface area contributed by atoms with Crippen LogP contribution in [0.25, 0.3) is 0 Å². The maximum absolute atomic E-state index is 11.6. The molecule has 120 valence electrons. The maximum atomic E-state index is 11.6. The van der Waals surface area contributed by atoms with E-state index in [1.165, 1.54) is 0 Å². The second kappa shape index (κ2) is 7.11. The summed E-state index contributed by atoms with van der Waals surface area (Å²) in [5, 5.41) is 8.45. The fourth-order valence-corrected chi connectivity index (χ4v) is 5.12. The first-order valence-corrected chi connectivity index (χ1v) is 9.81. The number of nitrogens with one attached hydrogen (secondary N) is 1. The normalized spacial score (nSPS) is 22.5. The standard InChI is InChI=1S/C14H24ClN3O2S/c1-3-6-16-13(8-11-5-7-21(19,20)10-11)14-12(15)9-17-18(14)4-2/h9,11,13,16H,3-8,10H2,1-2H3. The van der Waals surface area contributed by atoms with Crippen LogP contribution >= 0.6 is 11.6 Å².